The third kappa shape index (κ3) is 12.6. The van der Waals surface area contributed by atoms with Crippen molar-refractivity contribution in [2.24, 2.45) is 5.73 Å². The molecule has 7 N–H and O–H groups in total. The molecule has 0 aliphatic carbocycles. The van der Waals surface area contributed by atoms with Crippen LogP contribution in [0, 0.1) is 0 Å². The molecule has 1 fully saturated rings. The van der Waals surface area contributed by atoms with Gasteiger partial charge in [0.25, 0.3) is 0 Å². The van der Waals surface area contributed by atoms with Crippen molar-refractivity contribution >= 4 is 15.6 Å². The molecule has 0 saturated carbocycles. The smallest absolute Gasteiger partial charge is 0.329 e. The second-order valence-electron chi connectivity index (χ2n) is 3.44. The molecule has 1 rings (SSSR count). The summed E-state index contributed by atoms with van der Waals surface area (Å²) in [6.45, 7) is 6.43. The lowest BCUT2D eigenvalue weighted by Gasteiger charge is -2.26. The fraction of sp³-hybridized carbons (Fsp3) is 1.00. The molecule has 1 aliphatic rings. The topological polar surface area (TPSA) is 166 Å². The van der Waals surface area contributed by atoms with Crippen molar-refractivity contribution in [3.63, 3.8) is 0 Å². The molecule has 0 aromatic rings. The first-order valence-electron chi connectivity index (χ1n) is 5.09. The summed E-state index contributed by atoms with van der Waals surface area (Å²) in [4.78, 5) is 33.4. The summed E-state index contributed by atoms with van der Waals surface area (Å²) in [7, 11) is -10.1. The molecule has 18 heavy (non-hydrogen) atoms. The first-order chi connectivity index (χ1) is 8.14. The standard InChI is InChI=1S/C6H15N3.H4O7P2/c7-1-4-9-5-2-8-3-6-9;1-8(2,3)7-9(4,5)6/h8H,1-7H2;(H2,1,2,3)(H2,4,5,6). The monoisotopic (exact) mass is 307 g/mol. The summed E-state index contributed by atoms with van der Waals surface area (Å²) in [6, 6.07) is 0. The Bertz CT molecular complexity index is 288. The van der Waals surface area contributed by atoms with E-state index in [0.29, 0.717) is 0 Å². The highest BCUT2D eigenvalue weighted by molar-refractivity contribution is 7.60. The lowest BCUT2D eigenvalue weighted by molar-refractivity contribution is 0.225. The van der Waals surface area contributed by atoms with Gasteiger partial charge in [-0.15, -0.1) is 0 Å². The molecule has 110 valence electrons. The zero-order valence-corrected chi connectivity index (χ0v) is 11.5. The van der Waals surface area contributed by atoms with Crippen LogP contribution in [-0.2, 0) is 13.4 Å². The largest absolute Gasteiger partial charge is 0.478 e. The van der Waals surface area contributed by atoms with Gasteiger partial charge in [0.1, 0.15) is 0 Å². The van der Waals surface area contributed by atoms with Crippen LogP contribution in [0.15, 0.2) is 0 Å². The molecule has 0 bridgehead atoms. The van der Waals surface area contributed by atoms with Crippen LogP contribution in [0.3, 0.4) is 0 Å². The number of nitrogens with one attached hydrogen (secondary N) is 1. The number of nitrogens with zero attached hydrogens (tertiary/aromatic N) is 1. The van der Waals surface area contributed by atoms with E-state index in [4.69, 9.17) is 25.3 Å². The molecule has 1 heterocycles. The molecule has 1 aliphatic heterocycles. The van der Waals surface area contributed by atoms with E-state index in [1.807, 2.05) is 0 Å². The van der Waals surface area contributed by atoms with Crippen LogP contribution in [0.1, 0.15) is 0 Å². The van der Waals surface area contributed by atoms with E-state index in [0.717, 1.165) is 39.3 Å². The van der Waals surface area contributed by atoms with Crippen molar-refractivity contribution in [2.45, 2.75) is 0 Å². The molecule has 0 spiro atoms. The third-order valence-electron chi connectivity index (χ3n) is 1.87. The van der Waals surface area contributed by atoms with Gasteiger partial charge in [-0.25, -0.2) is 9.13 Å². The molecular formula is C6H19N3O7P2. The van der Waals surface area contributed by atoms with Gasteiger partial charge in [-0.05, 0) is 0 Å². The van der Waals surface area contributed by atoms with Gasteiger partial charge in [-0.3, -0.25) is 4.90 Å². The fourth-order valence-electron chi connectivity index (χ4n) is 1.26. The molecule has 12 heteroatoms. The van der Waals surface area contributed by atoms with Gasteiger partial charge in [0, 0.05) is 39.3 Å². The average molecular weight is 307 g/mol. The number of piperazine rings is 1. The van der Waals surface area contributed by atoms with Crippen LogP contribution >= 0.6 is 15.6 Å². The Labute approximate surface area is 105 Å². The van der Waals surface area contributed by atoms with E-state index >= 15 is 0 Å². The van der Waals surface area contributed by atoms with Gasteiger partial charge in [-0.2, -0.15) is 4.31 Å². The number of rotatable bonds is 4. The summed E-state index contributed by atoms with van der Waals surface area (Å²) in [6.07, 6.45) is 0. The molecule has 0 aromatic carbocycles. The maximum absolute atomic E-state index is 9.63. The Morgan fingerprint density at radius 2 is 1.56 bits per heavy atom. The molecule has 0 amide bonds. The number of hydrogen-bond donors (Lipinski definition) is 6. The van der Waals surface area contributed by atoms with E-state index < -0.39 is 15.6 Å². The zero-order valence-electron chi connectivity index (χ0n) is 9.68. The first kappa shape index (κ1) is 18.1. The average Bonchev–Trinajstić information content (AvgIpc) is 2.15. The predicted molar refractivity (Wildman–Crippen MR) is 63.5 cm³/mol. The summed E-state index contributed by atoms with van der Waals surface area (Å²) < 4.78 is 22.2. The van der Waals surface area contributed by atoms with Crippen LogP contribution in [0.5, 0.6) is 0 Å². The molecule has 0 radical (unpaired) electrons. The van der Waals surface area contributed by atoms with E-state index in [2.05, 4.69) is 14.5 Å². The van der Waals surface area contributed by atoms with E-state index in [1.165, 1.54) is 0 Å². The lowest BCUT2D eigenvalue weighted by Crippen LogP contribution is -2.45. The summed E-state index contributed by atoms with van der Waals surface area (Å²) in [5.41, 5.74) is 5.40. The SMILES string of the molecule is NCCN1CCNCC1.O=P(O)(O)OP(=O)(O)O. The second-order valence-corrected chi connectivity index (χ2v) is 6.06. The highest BCUT2D eigenvalue weighted by Crippen LogP contribution is 2.53. The molecule has 0 unspecified atom stereocenters. The fourth-order valence-corrected chi connectivity index (χ4v) is 2.36. The second kappa shape index (κ2) is 8.34. The van der Waals surface area contributed by atoms with Crippen molar-refractivity contribution in [1.82, 2.24) is 10.2 Å². The predicted octanol–water partition coefficient (Wildman–Crippen LogP) is -1.96. The zero-order chi connectivity index (χ0) is 14.2. The minimum absolute atomic E-state index is 0.792. The Morgan fingerprint density at radius 1 is 1.11 bits per heavy atom. The van der Waals surface area contributed by atoms with Crippen molar-refractivity contribution in [3.8, 4) is 0 Å². The van der Waals surface area contributed by atoms with Gasteiger partial charge >= 0.3 is 15.6 Å². The van der Waals surface area contributed by atoms with Gasteiger partial charge in [-0.1, -0.05) is 0 Å². The molecular weight excluding hydrogens is 288 g/mol. The van der Waals surface area contributed by atoms with Gasteiger partial charge in [0.15, 0.2) is 0 Å². The van der Waals surface area contributed by atoms with E-state index in [-0.39, 0.29) is 0 Å². The van der Waals surface area contributed by atoms with Crippen molar-refractivity contribution in [3.05, 3.63) is 0 Å². The van der Waals surface area contributed by atoms with Crippen LogP contribution < -0.4 is 11.1 Å². The molecule has 0 aromatic heterocycles. The molecule has 0 atom stereocenters. The summed E-state index contributed by atoms with van der Waals surface area (Å²) >= 11 is 0. The van der Waals surface area contributed by atoms with Crippen LogP contribution in [0.2, 0.25) is 0 Å². The van der Waals surface area contributed by atoms with E-state index in [9.17, 15) is 9.13 Å². The molecule has 10 nitrogen and oxygen atoms in total. The van der Waals surface area contributed by atoms with Gasteiger partial charge < -0.3 is 30.6 Å². The number of nitrogens with two attached hydrogens (primary N) is 1. The minimum atomic E-state index is -5.05. The van der Waals surface area contributed by atoms with Gasteiger partial charge in [0.05, 0.1) is 0 Å². The number of hydrogen-bond acceptors (Lipinski definition) is 6. The van der Waals surface area contributed by atoms with Crippen molar-refractivity contribution in [1.29, 1.82) is 0 Å². The summed E-state index contributed by atoms with van der Waals surface area (Å²) in [5.74, 6) is 0. The lowest BCUT2D eigenvalue weighted by atomic mass is 10.3. The van der Waals surface area contributed by atoms with Crippen LogP contribution in [-0.4, -0.2) is 63.7 Å². The quantitative estimate of drug-likeness (QED) is 0.321. The highest BCUT2D eigenvalue weighted by atomic mass is 31.3. The van der Waals surface area contributed by atoms with Crippen LogP contribution in [0.4, 0.5) is 0 Å². The summed E-state index contributed by atoms with van der Waals surface area (Å²) in [5, 5.41) is 3.29. The normalized spacial score (nSPS) is 18.1. The maximum atomic E-state index is 9.63. The first-order valence-corrected chi connectivity index (χ1v) is 8.15. The maximum Gasteiger partial charge on any atom is 0.478 e. The Kier molecular flexibility index (Phi) is 8.40. The van der Waals surface area contributed by atoms with Crippen molar-refractivity contribution in [2.75, 3.05) is 39.3 Å². The van der Waals surface area contributed by atoms with Crippen molar-refractivity contribution < 1.29 is 33.0 Å². The van der Waals surface area contributed by atoms with E-state index in [1.54, 1.807) is 0 Å². The van der Waals surface area contributed by atoms with Gasteiger partial charge in [0.2, 0.25) is 0 Å². The van der Waals surface area contributed by atoms with Crippen LogP contribution in [0.25, 0.3) is 0 Å². The Hall–Kier alpha value is 0.140. The minimum Gasteiger partial charge on any atom is -0.329 e. The third-order valence-corrected chi connectivity index (χ3v) is 3.57. The Morgan fingerprint density at radius 3 is 1.83 bits per heavy atom. The number of phosphoric acid groups is 2. The highest BCUT2D eigenvalue weighted by Gasteiger charge is 2.27. The molecule has 1 saturated heterocycles. The Balaban J connectivity index is 0.000000321.